The van der Waals surface area contributed by atoms with Gasteiger partial charge in [-0.1, -0.05) is 12.1 Å². The molecular weight excluding hydrogens is 581 g/mol. The largest absolute Gasteiger partial charge is 0.416 e. The van der Waals surface area contributed by atoms with Crippen molar-refractivity contribution in [3.8, 4) is 0 Å². The lowest BCUT2D eigenvalue weighted by atomic mass is 9.86. The molecule has 0 N–H and O–H groups in total. The average molecular weight is 617 g/mol. The van der Waals surface area contributed by atoms with Gasteiger partial charge in [-0.05, 0) is 86.5 Å². The van der Waals surface area contributed by atoms with E-state index in [1.807, 2.05) is 4.90 Å². The van der Waals surface area contributed by atoms with Gasteiger partial charge in [-0.3, -0.25) is 9.69 Å². The minimum Gasteiger partial charge on any atom is -0.378 e. The van der Waals surface area contributed by atoms with Crippen molar-refractivity contribution in [1.29, 1.82) is 0 Å². The highest BCUT2D eigenvalue weighted by Gasteiger charge is 2.43. The maximum atomic E-state index is 13.8. The lowest BCUT2D eigenvalue weighted by Crippen LogP contribution is -2.50. The van der Waals surface area contributed by atoms with Crippen molar-refractivity contribution in [2.45, 2.75) is 69.1 Å². The Morgan fingerprint density at radius 3 is 2.16 bits per heavy atom. The molecule has 5 rings (SSSR count). The number of amides is 1. The van der Waals surface area contributed by atoms with Gasteiger partial charge in [-0.25, -0.2) is 4.39 Å². The van der Waals surface area contributed by atoms with Gasteiger partial charge in [0.05, 0.1) is 42.6 Å². The number of carbonyl (C=O) groups is 1. The first-order chi connectivity index (χ1) is 20.3. The summed E-state index contributed by atoms with van der Waals surface area (Å²) in [4.78, 5) is 17.3. The van der Waals surface area contributed by atoms with Crippen LogP contribution in [-0.2, 0) is 26.6 Å². The number of hydrogen-bond acceptors (Lipinski definition) is 4. The Morgan fingerprint density at radius 1 is 0.930 bits per heavy atom. The summed E-state index contributed by atoms with van der Waals surface area (Å²) >= 11 is 0. The molecule has 0 aromatic heterocycles. The number of nitrogens with zero attached hydrogens (tertiary/aromatic N) is 2. The second kappa shape index (κ2) is 12.7. The van der Waals surface area contributed by atoms with Crippen molar-refractivity contribution < 1.29 is 45.0 Å². The number of hydrogen-bond donors (Lipinski definition) is 0. The van der Waals surface area contributed by atoms with E-state index >= 15 is 0 Å². The molecule has 236 valence electrons. The molecule has 2 aromatic carbocycles. The number of rotatable bonds is 7. The first-order valence-electron chi connectivity index (χ1n) is 14.6. The average Bonchev–Trinajstić information content (AvgIpc) is 3.59. The zero-order chi connectivity index (χ0) is 30.9. The fourth-order valence-electron chi connectivity index (χ4n) is 6.74. The van der Waals surface area contributed by atoms with Gasteiger partial charge in [0.25, 0.3) is 0 Å². The van der Waals surface area contributed by atoms with Crippen LogP contribution in [0.1, 0.15) is 66.9 Å². The normalized spacial score (nSPS) is 26.2. The molecule has 2 heterocycles. The summed E-state index contributed by atoms with van der Waals surface area (Å²) in [6.45, 7) is 4.84. The quantitative estimate of drug-likeness (QED) is 0.320. The Hall–Kier alpha value is -2.70. The summed E-state index contributed by atoms with van der Waals surface area (Å²) in [7, 11) is 0. The molecule has 12 heteroatoms. The maximum absolute atomic E-state index is 13.8. The summed E-state index contributed by atoms with van der Waals surface area (Å²) in [5.41, 5.74) is -2.23. The van der Waals surface area contributed by atoms with Crippen LogP contribution in [0, 0.1) is 11.7 Å². The molecule has 2 aliphatic heterocycles. The topological polar surface area (TPSA) is 42.0 Å². The molecule has 2 aromatic rings. The summed E-state index contributed by atoms with van der Waals surface area (Å²) in [6, 6.07) is 7.18. The van der Waals surface area contributed by atoms with E-state index in [2.05, 4.69) is 4.90 Å². The fourth-order valence-corrected chi connectivity index (χ4v) is 6.74. The number of alkyl halides is 6. The highest BCUT2D eigenvalue weighted by molar-refractivity contribution is 5.82. The molecule has 1 amide bonds. The van der Waals surface area contributed by atoms with Gasteiger partial charge >= 0.3 is 12.4 Å². The standard InChI is InChI=1S/C31H35F7N2O3/c1-19(22-15-23(30(33,34)35)17-24(16-22)31(36,37)38)43-27-9-6-21(28(27)20-4-7-25(32)8-5-20)18-40-10-2-3-26(40)29(41)39-11-13-42-14-12-39/h4-5,7-8,15-17,19,21,26-28H,2-3,6,9-14,18H2,1H3/t19-,21?,26+,27?,28?/m1/s1. The lowest BCUT2D eigenvalue weighted by Gasteiger charge is -2.35. The number of carbonyl (C=O) groups excluding carboxylic acids is 1. The van der Waals surface area contributed by atoms with Crippen molar-refractivity contribution in [3.63, 3.8) is 0 Å². The van der Waals surface area contributed by atoms with Crippen molar-refractivity contribution in [2.24, 2.45) is 5.92 Å². The molecule has 1 aliphatic carbocycles. The molecule has 2 saturated heterocycles. The maximum Gasteiger partial charge on any atom is 0.416 e. The molecule has 3 fully saturated rings. The van der Waals surface area contributed by atoms with Crippen LogP contribution in [0.2, 0.25) is 0 Å². The highest BCUT2D eigenvalue weighted by Crippen LogP contribution is 2.45. The first-order valence-corrected chi connectivity index (χ1v) is 14.6. The van der Waals surface area contributed by atoms with Crippen LogP contribution in [0.25, 0.3) is 0 Å². The number of halogens is 7. The van der Waals surface area contributed by atoms with Gasteiger partial charge in [0.15, 0.2) is 0 Å². The van der Waals surface area contributed by atoms with Gasteiger partial charge in [0.1, 0.15) is 5.82 Å². The van der Waals surface area contributed by atoms with Gasteiger partial charge in [-0.2, -0.15) is 26.3 Å². The van der Waals surface area contributed by atoms with Gasteiger partial charge in [0.2, 0.25) is 5.91 Å². The van der Waals surface area contributed by atoms with E-state index in [0.717, 1.165) is 24.9 Å². The monoisotopic (exact) mass is 616 g/mol. The fraction of sp³-hybridized carbons (Fsp3) is 0.581. The Labute approximate surface area is 245 Å². The molecule has 0 spiro atoms. The minimum atomic E-state index is -4.96. The Bertz CT molecular complexity index is 1230. The van der Waals surface area contributed by atoms with E-state index in [-0.39, 0.29) is 35.4 Å². The van der Waals surface area contributed by atoms with E-state index in [9.17, 15) is 35.5 Å². The van der Waals surface area contributed by atoms with E-state index in [0.29, 0.717) is 57.8 Å². The molecular formula is C31H35F7N2O3. The van der Waals surface area contributed by atoms with E-state index < -0.39 is 41.5 Å². The Kier molecular flexibility index (Phi) is 9.39. The number of likely N-dealkylation sites (tertiary alicyclic amines) is 1. The SMILES string of the molecule is C[C@@H](OC1CCC(CN2CCC[C@H]2C(=O)N2CCOCC2)C1c1ccc(F)cc1)c1cc(C(F)(F)F)cc(C(F)(F)F)c1. The molecule has 3 aliphatic rings. The third kappa shape index (κ3) is 7.34. The smallest absolute Gasteiger partial charge is 0.378 e. The van der Waals surface area contributed by atoms with Crippen molar-refractivity contribution in [1.82, 2.24) is 9.80 Å². The van der Waals surface area contributed by atoms with Gasteiger partial charge in [0, 0.05) is 25.6 Å². The van der Waals surface area contributed by atoms with Crippen LogP contribution in [0.4, 0.5) is 30.7 Å². The van der Waals surface area contributed by atoms with Crippen molar-refractivity contribution in [2.75, 3.05) is 39.4 Å². The number of morpholine rings is 1. The Balaban J connectivity index is 1.37. The van der Waals surface area contributed by atoms with Crippen LogP contribution >= 0.6 is 0 Å². The van der Waals surface area contributed by atoms with Gasteiger partial charge < -0.3 is 14.4 Å². The molecule has 0 bridgehead atoms. The zero-order valence-corrected chi connectivity index (χ0v) is 23.8. The van der Waals surface area contributed by atoms with Crippen LogP contribution in [0.15, 0.2) is 42.5 Å². The molecule has 5 atom stereocenters. The van der Waals surface area contributed by atoms with Crippen molar-refractivity contribution >= 4 is 5.91 Å². The molecule has 1 saturated carbocycles. The van der Waals surface area contributed by atoms with Crippen LogP contribution < -0.4 is 0 Å². The van der Waals surface area contributed by atoms with Crippen LogP contribution in [0.3, 0.4) is 0 Å². The van der Waals surface area contributed by atoms with E-state index in [4.69, 9.17) is 9.47 Å². The predicted octanol–water partition coefficient (Wildman–Crippen LogP) is 6.83. The van der Waals surface area contributed by atoms with Crippen molar-refractivity contribution in [3.05, 3.63) is 70.5 Å². The van der Waals surface area contributed by atoms with Crippen LogP contribution in [0.5, 0.6) is 0 Å². The second-order valence-electron chi connectivity index (χ2n) is 11.7. The Morgan fingerprint density at radius 2 is 1.56 bits per heavy atom. The predicted molar refractivity (Wildman–Crippen MR) is 144 cm³/mol. The summed E-state index contributed by atoms with van der Waals surface area (Å²) in [6.07, 6.45) is -8.75. The van der Waals surface area contributed by atoms with E-state index in [1.54, 1.807) is 12.1 Å². The third-order valence-corrected chi connectivity index (χ3v) is 8.88. The minimum absolute atomic E-state index is 0.0204. The zero-order valence-electron chi connectivity index (χ0n) is 23.8. The summed E-state index contributed by atoms with van der Waals surface area (Å²) < 4.78 is 106. The second-order valence-corrected chi connectivity index (χ2v) is 11.7. The molecule has 0 radical (unpaired) electrons. The molecule has 5 nitrogen and oxygen atoms in total. The lowest BCUT2D eigenvalue weighted by molar-refractivity contribution is -0.143. The molecule has 43 heavy (non-hydrogen) atoms. The summed E-state index contributed by atoms with van der Waals surface area (Å²) in [5.74, 6) is -0.671. The number of ether oxygens (including phenoxy) is 2. The summed E-state index contributed by atoms with van der Waals surface area (Å²) in [5, 5.41) is 0. The molecule has 3 unspecified atom stereocenters. The highest BCUT2D eigenvalue weighted by atomic mass is 19.4. The van der Waals surface area contributed by atoms with Gasteiger partial charge in [-0.15, -0.1) is 0 Å². The third-order valence-electron chi connectivity index (χ3n) is 8.88. The van der Waals surface area contributed by atoms with Crippen LogP contribution in [-0.4, -0.2) is 67.2 Å². The first kappa shape index (κ1) is 31.7. The number of benzene rings is 2. The van der Waals surface area contributed by atoms with E-state index in [1.165, 1.54) is 19.1 Å².